The maximum atomic E-state index is 2.34. The second-order valence-electron chi connectivity index (χ2n) is 5.35. The van der Waals surface area contributed by atoms with Crippen LogP contribution in [0.1, 0.15) is 11.1 Å². The van der Waals surface area contributed by atoms with Crippen LogP contribution in [0, 0.1) is 13.8 Å². The van der Waals surface area contributed by atoms with Crippen molar-refractivity contribution in [1.29, 1.82) is 0 Å². The number of aryl methyl sites for hydroxylation is 1. The van der Waals surface area contributed by atoms with Gasteiger partial charge in [0.15, 0.2) is 0 Å². The minimum absolute atomic E-state index is 1.40. The molecule has 1 radical (unpaired) electrons. The van der Waals surface area contributed by atoms with Crippen molar-refractivity contribution in [2.75, 3.05) is 0 Å². The van der Waals surface area contributed by atoms with Gasteiger partial charge in [0.25, 0.3) is 0 Å². The average Bonchev–Trinajstić information content (AvgIpc) is 2.54. The van der Waals surface area contributed by atoms with Crippen LogP contribution in [-0.4, -0.2) is 19.8 Å². The average molecular weight is 378 g/mol. The molecule has 0 nitrogen and oxygen atoms in total. The predicted octanol–water partition coefficient (Wildman–Crippen LogP) is 2.82. The van der Waals surface area contributed by atoms with E-state index in [1.807, 2.05) is 0 Å². The van der Waals surface area contributed by atoms with E-state index in [1.54, 1.807) is 10.7 Å². The van der Waals surface area contributed by atoms with E-state index < -0.39 is 19.8 Å². The predicted molar refractivity (Wildman–Crippen MR) is 93.5 cm³/mol. The molecule has 0 saturated heterocycles. The van der Waals surface area contributed by atoms with Gasteiger partial charge in [-0.15, -0.1) is 0 Å². The van der Waals surface area contributed by atoms with Gasteiger partial charge in [-0.3, -0.25) is 0 Å². The molecule has 0 bridgehead atoms. The topological polar surface area (TPSA) is 0 Å². The Labute approximate surface area is 134 Å². The summed E-state index contributed by atoms with van der Waals surface area (Å²) >= 11 is -2.07. The summed E-state index contributed by atoms with van der Waals surface area (Å²) in [6.45, 7) is 4.49. The zero-order valence-corrected chi connectivity index (χ0v) is 15.4. The fourth-order valence-electron chi connectivity index (χ4n) is 2.71. The van der Waals surface area contributed by atoms with Crippen LogP contribution in [0.2, 0.25) is 0 Å². The van der Waals surface area contributed by atoms with Gasteiger partial charge in [0.2, 0.25) is 0 Å². The van der Waals surface area contributed by atoms with Crippen molar-refractivity contribution in [3.8, 4) is 0 Å². The summed E-state index contributed by atoms with van der Waals surface area (Å²) in [6.07, 6.45) is 0. The quantitative estimate of drug-likeness (QED) is 0.615. The summed E-state index contributed by atoms with van der Waals surface area (Å²) in [5.74, 6) is 0. The van der Waals surface area contributed by atoms with Crippen molar-refractivity contribution < 1.29 is 0 Å². The normalized spacial score (nSPS) is 10.8. The van der Waals surface area contributed by atoms with E-state index >= 15 is 0 Å². The van der Waals surface area contributed by atoms with Crippen LogP contribution in [0.4, 0.5) is 0 Å². The SMILES string of the molecule is Cc1ccc[c]([Sn]([c]2ccccc2)[c]2ccccc2)c1C. The number of rotatable bonds is 3. The Hall–Kier alpha value is -1.54. The molecule has 0 saturated carbocycles. The van der Waals surface area contributed by atoms with Crippen LogP contribution < -0.4 is 10.7 Å². The number of hydrogen-bond acceptors (Lipinski definition) is 0. The molecule has 0 aliphatic carbocycles. The van der Waals surface area contributed by atoms with E-state index in [1.165, 1.54) is 11.1 Å². The monoisotopic (exact) mass is 379 g/mol. The van der Waals surface area contributed by atoms with Crippen molar-refractivity contribution in [2.24, 2.45) is 0 Å². The van der Waals surface area contributed by atoms with Crippen LogP contribution in [-0.2, 0) is 0 Å². The van der Waals surface area contributed by atoms with Crippen molar-refractivity contribution >= 4 is 30.5 Å². The standard InChI is InChI=1S/C8H9.2C6H5.Sn/c1-7-5-3-4-6-8(7)2;2*1-2-4-6-5-3-1;/h3-5H,1-2H3;2*1-5H;. The molecule has 0 aromatic heterocycles. The summed E-state index contributed by atoms with van der Waals surface area (Å²) in [5, 5.41) is 0. The third-order valence-corrected chi connectivity index (χ3v) is 12.3. The molecule has 103 valence electrons. The second-order valence-corrected chi connectivity index (χ2v) is 12.3. The van der Waals surface area contributed by atoms with Crippen LogP contribution in [0.15, 0.2) is 78.9 Å². The molecule has 0 unspecified atom stereocenters. The van der Waals surface area contributed by atoms with E-state index in [2.05, 4.69) is 92.7 Å². The Morgan fingerprint density at radius 1 is 0.571 bits per heavy atom. The Kier molecular flexibility index (Phi) is 4.45. The molecule has 3 rings (SSSR count). The van der Waals surface area contributed by atoms with E-state index in [9.17, 15) is 0 Å². The van der Waals surface area contributed by atoms with E-state index in [-0.39, 0.29) is 0 Å². The van der Waals surface area contributed by atoms with Crippen molar-refractivity contribution in [1.82, 2.24) is 0 Å². The molecule has 3 aromatic rings. The fourth-order valence-corrected chi connectivity index (χ4v) is 10.8. The van der Waals surface area contributed by atoms with Crippen molar-refractivity contribution in [3.63, 3.8) is 0 Å². The Bertz CT molecular complexity index is 678. The molecule has 0 amide bonds. The molecule has 0 fully saturated rings. The van der Waals surface area contributed by atoms with E-state index in [0.29, 0.717) is 0 Å². The summed E-state index contributed by atoms with van der Waals surface area (Å²) in [4.78, 5) is 0. The molecule has 0 atom stereocenters. The Morgan fingerprint density at radius 3 is 1.62 bits per heavy atom. The molecule has 0 aliphatic heterocycles. The molecule has 21 heavy (non-hydrogen) atoms. The van der Waals surface area contributed by atoms with Gasteiger partial charge in [-0.2, -0.15) is 0 Å². The first-order chi connectivity index (χ1) is 10.3. The Morgan fingerprint density at radius 2 is 1.10 bits per heavy atom. The second kappa shape index (κ2) is 6.48. The molecule has 0 aliphatic rings. The van der Waals surface area contributed by atoms with Crippen LogP contribution in [0.25, 0.3) is 0 Å². The van der Waals surface area contributed by atoms with Gasteiger partial charge in [-0.25, -0.2) is 0 Å². The minimum atomic E-state index is -2.07. The van der Waals surface area contributed by atoms with Gasteiger partial charge in [-0.1, -0.05) is 0 Å². The van der Waals surface area contributed by atoms with Crippen LogP contribution in [0.3, 0.4) is 0 Å². The number of benzene rings is 3. The third-order valence-electron chi connectivity index (χ3n) is 4.00. The first kappa shape index (κ1) is 14.4. The summed E-state index contributed by atoms with van der Waals surface area (Å²) in [7, 11) is 0. The van der Waals surface area contributed by atoms with Crippen LogP contribution >= 0.6 is 0 Å². The van der Waals surface area contributed by atoms with Crippen LogP contribution in [0.5, 0.6) is 0 Å². The third kappa shape index (κ3) is 3.05. The fraction of sp³-hybridized carbons (Fsp3) is 0.100. The van der Waals surface area contributed by atoms with Gasteiger partial charge >= 0.3 is 134 Å². The summed E-state index contributed by atoms with van der Waals surface area (Å²) in [6, 6.07) is 28.9. The van der Waals surface area contributed by atoms with Crippen molar-refractivity contribution in [3.05, 3.63) is 90.0 Å². The molecule has 3 aromatic carbocycles. The van der Waals surface area contributed by atoms with E-state index in [0.717, 1.165) is 0 Å². The molecule has 0 heterocycles. The molecular formula is C20H19Sn. The summed E-state index contributed by atoms with van der Waals surface area (Å²) in [5.41, 5.74) is 2.87. The first-order valence-electron chi connectivity index (χ1n) is 7.32. The molecular weight excluding hydrogens is 359 g/mol. The zero-order chi connectivity index (χ0) is 14.7. The molecule has 1 heteroatoms. The molecule has 0 N–H and O–H groups in total. The zero-order valence-electron chi connectivity index (χ0n) is 12.5. The van der Waals surface area contributed by atoms with Gasteiger partial charge in [0.05, 0.1) is 0 Å². The maximum absolute atomic E-state index is 2.34. The van der Waals surface area contributed by atoms with Crippen molar-refractivity contribution in [2.45, 2.75) is 13.8 Å². The molecule has 0 spiro atoms. The summed E-state index contributed by atoms with van der Waals surface area (Å²) < 4.78 is 4.68. The Balaban J connectivity index is 2.20. The van der Waals surface area contributed by atoms with Gasteiger partial charge in [-0.05, 0) is 0 Å². The number of hydrogen-bond donors (Lipinski definition) is 0. The first-order valence-corrected chi connectivity index (χ1v) is 11.6. The van der Waals surface area contributed by atoms with E-state index in [4.69, 9.17) is 0 Å². The van der Waals surface area contributed by atoms with Gasteiger partial charge in [0, 0.05) is 0 Å². The van der Waals surface area contributed by atoms with Gasteiger partial charge < -0.3 is 0 Å². The van der Waals surface area contributed by atoms with Gasteiger partial charge in [0.1, 0.15) is 0 Å².